The fourth-order valence-electron chi connectivity index (χ4n) is 1.63. The molecule has 1 heterocycles. The number of aromatic amines is 1. The van der Waals surface area contributed by atoms with Crippen LogP contribution < -0.4 is 10.3 Å². The molecule has 2 rings (SSSR count). The summed E-state index contributed by atoms with van der Waals surface area (Å²) in [4.78, 5) is 18.1. The lowest BCUT2D eigenvalue weighted by atomic mass is 10.1. The molecule has 0 aliphatic rings. The smallest absolute Gasteiger partial charge is 0.257 e. The zero-order valence-electron chi connectivity index (χ0n) is 10.2. The fraction of sp³-hybridized carbons (Fsp3) is 0.231. The fourth-order valence-corrected chi connectivity index (χ4v) is 1.63. The molecular weight excluding hydrogens is 232 g/mol. The van der Waals surface area contributed by atoms with E-state index in [1.54, 1.807) is 7.11 Å². The van der Waals surface area contributed by atoms with Gasteiger partial charge in [-0.05, 0) is 24.6 Å². The summed E-state index contributed by atoms with van der Waals surface area (Å²) in [6.07, 6.45) is 0.431. The largest absolute Gasteiger partial charge is 0.497 e. The Morgan fingerprint density at radius 3 is 2.89 bits per heavy atom. The Morgan fingerprint density at radius 2 is 2.22 bits per heavy atom. The van der Waals surface area contributed by atoms with Crippen molar-refractivity contribution in [2.24, 2.45) is 0 Å². The average molecular weight is 246 g/mol. The van der Waals surface area contributed by atoms with E-state index in [9.17, 15) is 9.90 Å². The van der Waals surface area contributed by atoms with Crippen LogP contribution in [-0.2, 0) is 6.42 Å². The highest BCUT2D eigenvalue weighted by atomic mass is 16.5. The molecule has 1 aromatic carbocycles. The van der Waals surface area contributed by atoms with Crippen molar-refractivity contribution in [1.29, 1.82) is 0 Å². The van der Waals surface area contributed by atoms with E-state index in [0.29, 0.717) is 12.2 Å². The van der Waals surface area contributed by atoms with E-state index in [1.807, 2.05) is 24.3 Å². The highest BCUT2D eigenvalue weighted by molar-refractivity contribution is 5.31. The molecule has 5 heteroatoms. The number of aromatic nitrogens is 2. The van der Waals surface area contributed by atoms with Crippen LogP contribution in [-0.4, -0.2) is 22.2 Å². The van der Waals surface area contributed by atoms with Gasteiger partial charge in [-0.2, -0.15) is 4.98 Å². The standard InChI is InChI=1S/C13H14N2O3/c1-8-12(16)14-11(15-13(8)17)7-9-4-3-5-10(6-9)18-2/h3-6H,7H2,1-2H3,(H2,14,15,16,17). The van der Waals surface area contributed by atoms with Crippen molar-refractivity contribution in [1.82, 2.24) is 9.97 Å². The van der Waals surface area contributed by atoms with Crippen molar-refractivity contribution in [3.63, 3.8) is 0 Å². The molecule has 0 unspecified atom stereocenters. The Morgan fingerprint density at radius 1 is 1.44 bits per heavy atom. The van der Waals surface area contributed by atoms with E-state index in [2.05, 4.69) is 9.97 Å². The molecule has 0 saturated carbocycles. The maximum atomic E-state index is 11.5. The van der Waals surface area contributed by atoms with Crippen LogP contribution in [0.3, 0.4) is 0 Å². The number of H-pyrrole nitrogens is 1. The second kappa shape index (κ2) is 4.91. The van der Waals surface area contributed by atoms with Crippen molar-refractivity contribution < 1.29 is 9.84 Å². The van der Waals surface area contributed by atoms with Gasteiger partial charge in [0.15, 0.2) is 0 Å². The van der Waals surface area contributed by atoms with Crippen molar-refractivity contribution in [3.05, 3.63) is 51.6 Å². The first-order chi connectivity index (χ1) is 8.60. The van der Waals surface area contributed by atoms with Gasteiger partial charge in [0.2, 0.25) is 5.88 Å². The van der Waals surface area contributed by atoms with Gasteiger partial charge < -0.3 is 14.8 Å². The predicted molar refractivity (Wildman–Crippen MR) is 67.1 cm³/mol. The number of benzene rings is 1. The monoisotopic (exact) mass is 246 g/mol. The quantitative estimate of drug-likeness (QED) is 0.858. The zero-order valence-corrected chi connectivity index (χ0v) is 10.2. The topological polar surface area (TPSA) is 75.2 Å². The van der Waals surface area contributed by atoms with E-state index in [1.165, 1.54) is 6.92 Å². The van der Waals surface area contributed by atoms with Crippen molar-refractivity contribution in [2.45, 2.75) is 13.3 Å². The van der Waals surface area contributed by atoms with Gasteiger partial charge in [-0.3, -0.25) is 4.79 Å². The summed E-state index contributed by atoms with van der Waals surface area (Å²) in [6, 6.07) is 7.46. The van der Waals surface area contributed by atoms with Crippen LogP contribution in [0.25, 0.3) is 0 Å². The molecule has 2 N–H and O–H groups in total. The summed E-state index contributed by atoms with van der Waals surface area (Å²) in [6.45, 7) is 1.52. The number of nitrogens with one attached hydrogen (secondary N) is 1. The third-order valence-electron chi connectivity index (χ3n) is 2.68. The average Bonchev–Trinajstić information content (AvgIpc) is 2.36. The Balaban J connectivity index is 2.31. The molecule has 1 aromatic heterocycles. The lowest BCUT2D eigenvalue weighted by Gasteiger charge is -2.05. The minimum absolute atomic E-state index is 0.225. The summed E-state index contributed by atoms with van der Waals surface area (Å²) in [7, 11) is 1.59. The maximum absolute atomic E-state index is 11.5. The van der Waals surface area contributed by atoms with Crippen LogP contribution in [0.5, 0.6) is 11.6 Å². The molecular formula is C13H14N2O3. The van der Waals surface area contributed by atoms with Gasteiger partial charge in [0, 0.05) is 6.42 Å². The van der Waals surface area contributed by atoms with Gasteiger partial charge in [-0.1, -0.05) is 12.1 Å². The number of rotatable bonds is 3. The first-order valence-electron chi connectivity index (χ1n) is 5.52. The number of ether oxygens (including phenoxy) is 1. The van der Waals surface area contributed by atoms with E-state index in [-0.39, 0.29) is 17.0 Å². The summed E-state index contributed by atoms with van der Waals surface area (Å²) in [5, 5.41) is 9.50. The number of methoxy groups -OCH3 is 1. The SMILES string of the molecule is COc1cccc(Cc2nc(O)c(C)c(=O)[nH]2)c1. The van der Waals surface area contributed by atoms with E-state index < -0.39 is 0 Å². The molecule has 0 fully saturated rings. The lowest BCUT2D eigenvalue weighted by molar-refractivity contribution is 0.414. The van der Waals surface area contributed by atoms with Crippen molar-refractivity contribution >= 4 is 0 Å². The molecule has 2 aromatic rings. The van der Waals surface area contributed by atoms with Crippen LogP contribution >= 0.6 is 0 Å². The van der Waals surface area contributed by atoms with Crippen LogP contribution in [0.2, 0.25) is 0 Å². The van der Waals surface area contributed by atoms with E-state index in [0.717, 1.165) is 11.3 Å². The third-order valence-corrected chi connectivity index (χ3v) is 2.68. The van der Waals surface area contributed by atoms with Crippen molar-refractivity contribution in [2.75, 3.05) is 7.11 Å². The van der Waals surface area contributed by atoms with Gasteiger partial charge in [0.25, 0.3) is 5.56 Å². The Kier molecular flexibility index (Phi) is 3.32. The first-order valence-corrected chi connectivity index (χ1v) is 5.52. The van der Waals surface area contributed by atoms with Crippen LogP contribution in [0.15, 0.2) is 29.1 Å². The summed E-state index contributed by atoms with van der Waals surface area (Å²) < 4.78 is 5.12. The highest BCUT2D eigenvalue weighted by Gasteiger charge is 2.07. The maximum Gasteiger partial charge on any atom is 0.257 e. The number of hydrogen-bond acceptors (Lipinski definition) is 4. The molecule has 0 spiro atoms. The Hall–Kier alpha value is -2.30. The molecule has 0 aliphatic carbocycles. The van der Waals surface area contributed by atoms with Crippen LogP contribution in [0.4, 0.5) is 0 Å². The minimum atomic E-state index is -0.319. The predicted octanol–water partition coefficient (Wildman–Crippen LogP) is 1.38. The highest BCUT2D eigenvalue weighted by Crippen LogP contribution is 2.15. The van der Waals surface area contributed by atoms with Crippen LogP contribution in [0.1, 0.15) is 17.0 Å². The van der Waals surface area contributed by atoms with Crippen molar-refractivity contribution in [3.8, 4) is 11.6 Å². The second-order valence-corrected chi connectivity index (χ2v) is 3.99. The summed E-state index contributed by atoms with van der Waals surface area (Å²) >= 11 is 0. The Bertz CT molecular complexity index is 620. The number of nitrogens with zero attached hydrogens (tertiary/aromatic N) is 1. The molecule has 94 valence electrons. The second-order valence-electron chi connectivity index (χ2n) is 3.99. The molecule has 0 bridgehead atoms. The van der Waals surface area contributed by atoms with Gasteiger partial charge >= 0.3 is 0 Å². The molecule has 18 heavy (non-hydrogen) atoms. The zero-order chi connectivity index (χ0) is 13.1. The Labute approximate surface area is 104 Å². The normalized spacial score (nSPS) is 10.3. The minimum Gasteiger partial charge on any atom is -0.497 e. The summed E-state index contributed by atoms with van der Waals surface area (Å²) in [5.74, 6) is 0.944. The van der Waals surface area contributed by atoms with Gasteiger partial charge in [-0.15, -0.1) is 0 Å². The molecule has 0 saturated heterocycles. The number of aromatic hydroxyl groups is 1. The molecule has 0 radical (unpaired) electrons. The van der Waals surface area contributed by atoms with E-state index in [4.69, 9.17) is 4.74 Å². The molecule has 5 nitrogen and oxygen atoms in total. The van der Waals surface area contributed by atoms with Gasteiger partial charge in [0.05, 0.1) is 12.7 Å². The molecule has 0 amide bonds. The van der Waals surface area contributed by atoms with E-state index >= 15 is 0 Å². The lowest BCUT2D eigenvalue weighted by Crippen LogP contribution is -2.14. The third kappa shape index (κ3) is 2.51. The number of hydrogen-bond donors (Lipinski definition) is 2. The van der Waals surface area contributed by atoms with Gasteiger partial charge in [-0.25, -0.2) is 0 Å². The van der Waals surface area contributed by atoms with Crippen LogP contribution in [0, 0.1) is 6.92 Å². The summed E-state index contributed by atoms with van der Waals surface area (Å²) in [5.41, 5.74) is 0.852. The molecule has 0 atom stereocenters. The first kappa shape index (κ1) is 12.2. The molecule has 0 aliphatic heterocycles. The van der Waals surface area contributed by atoms with Gasteiger partial charge in [0.1, 0.15) is 11.6 Å².